The molecule has 3 amide bonds. The summed E-state index contributed by atoms with van der Waals surface area (Å²) in [6.45, 7) is 0.0900. The average Bonchev–Trinajstić information content (AvgIpc) is 2.78. The Kier molecular flexibility index (Phi) is 4.92. The number of rotatable bonds is 4. The van der Waals surface area contributed by atoms with Crippen LogP contribution in [0.25, 0.3) is 0 Å². The lowest BCUT2D eigenvalue weighted by Crippen LogP contribution is -2.49. The Hall–Kier alpha value is -1.85. The molecule has 132 valence electrons. The molecule has 0 aromatic carbocycles. The number of likely N-dealkylation sites (N-methyl/N-ethyl adjacent to an activating group) is 1. The van der Waals surface area contributed by atoms with E-state index in [4.69, 9.17) is 4.74 Å². The zero-order valence-corrected chi connectivity index (χ0v) is 14.3. The monoisotopic (exact) mass is 334 g/mol. The second-order valence-corrected chi connectivity index (χ2v) is 7.16. The van der Waals surface area contributed by atoms with E-state index in [1.807, 2.05) is 0 Å². The summed E-state index contributed by atoms with van der Waals surface area (Å²) in [5.41, 5.74) is -0.732. The van der Waals surface area contributed by atoms with Gasteiger partial charge in [0.15, 0.2) is 0 Å². The van der Waals surface area contributed by atoms with Crippen LogP contribution in [-0.4, -0.2) is 53.4 Å². The second-order valence-electron chi connectivity index (χ2n) is 7.16. The van der Waals surface area contributed by atoms with E-state index in [1.165, 1.54) is 4.90 Å². The Bertz CT molecular complexity index is 551. The van der Waals surface area contributed by atoms with Crippen LogP contribution < -0.4 is 0 Å². The van der Waals surface area contributed by atoms with E-state index >= 15 is 0 Å². The number of carbonyl (C=O) groups is 3. The zero-order chi connectivity index (χ0) is 17.2. The number of ether oxygens (including phenoxy) is 1. The predicted octanol–water partition coefficient (Wildman–Crippen LogP) is 2.48. The van der Waals surface area contributed by atoms with Crippen LogP contribution in [0.4, 0.5) is 4.79 Å². The van der Waals surface area contributed by atoms with E-state index in [0.717, 1.165) is 43.4 Å². The summed E-state index contributed by atoms with van der Waals surface area (Å²) in [7, 11) is 1.67. The van der Waals surface area contributed by atoms with Crippen LogP contribution in [0.3, 0.4) is 0 Å². The van der Waals surface area contributed by atoms with Gasteiger partial charge in [0.25, 0.3) is 5.91 Å². The Morgan fingerprint density at radius 1 is 1.25 bits per heavy atom. The van der Waals surface area contributed by atoms with E-state index in [9.17, 15) is 14.4 Å². The first-order valence-corrected chi connectivity index (χ1v) is 8.95. The highest BCUT2D eigenvalue weighted by atomic mass is 16.5. The number of amides is 3. The minimum Gasteiger partial charge on any atom is -0.464 e. The molecule has 2 aliphatic carbocycles. The van der Waals surface area contributed by atoms with Crippen LogP contribution in [0.15, 0.2) is 12.2 Å². The van der Waals surface area contributed by atoms with Crippen LogP contribution in [0.1, 0.15) is 51.4 Å². The summed E-state index contributed by atoms with van der Waals surface area (Å²) >= 11 is 0. The molecule has 0 N–H and O–H groups in total. The second kappa shape index (κ2) is 6.95. The van der Waals surface area contributed by atoms with Gasteiger partial charge < -0.3 is 9.64 Å². The van der Waals surface area contributed by atoms with Crippen LogP contribution in [0.5, 0.6) is 0 Å². The van der Waals surface area contributed by atoms with Gasteiger partial charge >= 0.3 is 12.0 Å². The van der Waals surface area contributed by atoms with Gasteiger partial charge in [0, 0.05) is 7.05 Å². The molecule has 1 saturated carbocycles. The van der Waals surface area contributed by atoms with Crippen molar-refractivity contribution in [3.05, 3.63) is 12.2 Å². The maximum atomic E-state index is 12.8. The molecule has 1 atom stereocenters. The van der Waals surface area contributed by atoms with Crippen molar-refractivity contribution in [3.63, 3.8) is 0 Å². The van der Waals surface area contributed by atoms with Gasteiger partial charge in [0.1, 0.15) is 12.1 Å². The fraction of sp³-hybridized carbons (Fsp3) is 0.722. The molecule has 0 unspecified atom stereocenters. The van der Waals surface area contributed by atoms with Crippen molar-refractivity contribution in [1.82, 2.24) is 9.80 Å². The molecule has 3 aliphatic rings. The first-order chi connectivity index (χ1) is 11.5. The fourth-order valence-corrected chi connectivity index (χ4v) is 4.06. The maximum absolute atomic E-state index is 12.8. The van der Waals surface area contributed by atoms with Crippen molar-refractivity contribution in [2.24, 2.45) is 5.92 Å². The molecule has 1 spiro atoms. The lowest BCUT2D eigenvalue weighted by Gasteiger charge is -2.35. The van der Waals surface area contributed by atoms with E-state index < -0.39 is 11.5 Å². The van der Waals surface area contributed by atoms with Crippen molar-refractivity contribution in [3.8, 4) is 0 Å². The predicted molar refractivity (Wildman–Crippen MR) is 88.1 cm³/mol. The third-order valence-electron chi connectivity index (χ3n) is 5.63. The third-order valence-corrected chi connectivity index (χ3v) is 5.63. The Morgan fingerprint density at radius 3 is 2.67 bits per heavy atom. The average molecular weight is 334 g/mol. The number of esters is 1. The van der Waals surface area contributed by atoms with Crippen molar-refractivity contribution >= 4 is 17.9 Å². The van der Waals surface area contributed by atoms with Crippen LogP contribution in [0, 0.1) is 5.92 Å². The molecule has 1 heterocycles. The maximum Gasteiger partial charge on any atom is 0.327 e. The number of nitrogens with zero attached hydrogens (tertiary/aromatic N) is 2. The lowest BCUT2D eigenvalue weighted by molar-refractivity contribution is -0.149. The van der Waals surface area contributed by atoms with Crippen molar-refractivity contribution in [2.75, 3.05) is 20.2 Å². The minimum absolute atomic E-state index is 0.229. The number of carbonyl (C=O) groups excluding carboxylic acids is 3. The molecular weight excluding hydrogens is 308 g/mol. The van der Waals surface area contributed by atoms with E-state index in [2.05, 4.69) is 12.2 Å². The van der Waals surface area contributed by atoms with E-state index in [-0.39, 0.29) is 18.5 Å². The lowest BCUT2D eigenvalue weighted by atomic mass is 9.81. The first-order valence-electron chi connectivity index (χ1n) is 8.95. The number of urea groups is 1. The highest BCUT2D eigenvalue weighted by Gasteiger charge is 2.55. The normalized spacial score (nSPS) is 26.3. The SMILES string of the molecule is CN1C(=O)N(CC(=O)OC[C@@H]2CC=CCC2)C(=O)C12CCCCC2. The van der Waals surface area contributed by atoms with Crippen molar-refractivity contribution in [1.29, 1.82) is 0 Å². The molecule has 3 rings (SSSR count). The molecule has 24 heavy (non-hydrogen) atoms. The van der Waals surface area contributed by atoms with E-state index in [0.29, 0.717) is 25.4 Å². The molecule has 6 nitrogen and oxygen atoms in total. The highest BCUT2D eigenvalue weighted by Crippen LogP contribution is 2.39. The molecule has 0 aromatic heterocycles. The topological polar surface area (TPSA) is 66.9 Å². The molecule has 0 bridgehead atoms. The number of hydrogen-bond donors (Lipinski definition) is 0. The third kappa shape index (κ3) is 3.06. The van der Waals surface area contributed by atoms with Crippen LogP contribution in [0.2, 0.25) is 0 Å². The summed E-state index contributed by atoms with van der Waals surface area (Å²) in [5, 5.41) is 0. The molecule has 6 heteroatoms. The van der Waals surface area contributed by atoms with Crippen molar-refractivity contribution in [2.45, 2.75) is 56.9 Å². The summed E-state index contributed by atoms with van der Waals surface area (Å²) in [4.78, 5) is 40.0. The van der Waals surface area contributed by atoms with Gasteiger partial charge in [-0.1, -0.05) is 31.4 Å². The molecule has 0 radical (unpaired) electrons. The molecule has 1 saturated heterocycles. The van der Waals surface area contributed by atoms with Gasteiger partial charge in [-0.3, -0.25) is 14.5 Å². The molecular formula is C18H26N2O4. The Morgan fingerprint density at radius 2 is 2.00 bits per heavy atom. The number of allylic oxidation sites excluding steroid dienone is 2. The zero-order valence-electron chi connectivity index (χ0n) is 14.3. The smallest absolute Gasteiger partial charge is 0.327 e. The quantitative estimate of drug-likeness (QED) is 0.450. The molecule has 1 aliphatic heterocycles. The van der Waals surface area contributed by atoms with Crippen LogP contribution in [-0.2, 0) is 14.3 Å². The summed E-state index contributed by atoms with van der Waals surface area (Å²) in [6, 6.07) is -0.376. The van der Waals surface area contributed by atoms with Crippen molar-refractivity contribution < 1.29 is 19.1 Å². The van der Waals surface area contributed by atoms with Gasteiger partial charge in [-0.05, 0) is 38.0 Å². The van der Waals surface area contributed by atoms with E-state index in [1.54, 1.807) is 7.05 Å². The van der Waals surface area contributed by atoms with Gasteiger partial charge in [0.2, 0.25) is 0 Å². The van der Waals surface area contributed by atoms with Crippen LogP contribution >= 0.6 is 0 Å². The summed E-state index contributed by atoms with van der Waals surface area (Å²) < 4.78 is 5.31. The Labute approximate surface area is 142 Å². The number of hydrogen-bond acceptors (Lipinski definition) is 4. The largest absolute Gasteiger partial charge is 0.464 e. The standard InChI is InChI=1S/C18H26N2O4/c1-19-17(23)20(16(22)18(19)10-6-3-7-11-18)12-15(21)24-13-14-8-4-2-5-9-14/h2,4,14H,3,5-13H2,1H3/t14-/m1/s1. The molecule has 2 fully saturated rings. The summed E-state index contributed by atoms with van der Waals surface area (Å²) in [6.07, 6.45) is 11.5. The van der Waals surface area contributed by atoms with Gasteiger partial charge in [-0.15, -0.1) is 0 Å². The first kappa shape index (κ1) is 17.0. The van der Waals surface area contributed by atoms with Gasteiger partial charge in [-0.25, -0.2) is 4.79 Å². The van der Waals surface area contributed by atoms with Gasteiger partial charge in [-0.2, -0.15) is 0 Å². The molecule has 0 aromatic rings. The minimum atomic E-state index is -0.732. The van der Waals surface area contributed by atoms with Gasteiger partial charge in [0.05, 0.1) is 6.61 Å². The summed E-state index contributed by atoms with van der Waals surface area (Å²) in [5.74, 6) is -0.379. The number of imide groups is 1. The Balaban J connectivity index is 1.58. The fourth-order valence-electron chi connectivity index (χ4n) is 4.06. The highest BCUT2D eigenvalue weighted by molar-refractivity contribution is 6.08.